The lowest BCUT2D eigenvalue weighted by Crippen LogP contribution is -2.41. The van der Waals surface area contributed by atoms with Gasteiger partial charge in [-0.25, -0.2) is 4.68 Å². The monoisotopic (exact) mass is 512 g/mol. The number of aromatic amines is 1. The molecule has 6 rings (SSSR count). The molecular weight excluding hydrogens is 476 g/mol. The van der Waals surface area contributed by atoms with E-state index in [1.54, 1.807) is 0 Å². The third-order valence-electron chi connectivity index (χ3n) is 8.46. The molecule has 0 amide bonds. The van der Waals surface area contributed by atoms with Crippen LogP contribution in [0.15, 0.2) is 53.3 Å². The van der Waals surface area contributed by atoms with E-state index in [0.717, 1.165) is 74.1 Å². The first-order valence-electron chi connectivity index (χ1n) is 13.9. The Labute approximate surface area is 223 Å². The summed E-state index contributed by atoms with van der Waals surface area (Å²) in [5.41, 5.74) is 5.18. The number of aromatic nitrogens is 5. The Morgan fingerprint density at radius 1 is 1.08 bits per heavy atom. The van der Waals surface area contributed by atoms with Crippen molar-refractivity contribution in [2.45, 2.75) is 64.6 Å². The number of H-pyrrole nitrogens is 1. The summed E-state index contributed by atoms with van der Waals surface area (Å²) in [4.78, 5) is 19.3. The molecule has 2 saturated heterocycles. The average molecular weight is 513 g/mol. The number of nitrogens with one attached hydrogen (secondary N) is 1. The summed E-state index contributed by atoms with van der Waals surface area (Å²) in [6.45, 7) is 7.29. The molecule has 2 aromatic carbocycles. The Bertz CT molecular complexity index is 1450. The van der Waals surface area contributed by atoms with Crippen LogP contribution in [-0.2, 0) is 17.7 Å². The second kappa shape index (κ2) is 10.8. The molecule has 198 valence electrons. The molecule has 2 atom stereocenters. The van der Waals surface area contributed by atoms with Crippen molar-refractivity contribution in [3.05, 3.63) is 87.0 Å². The van der Waals surface area contributed by atoms with Gasteiger partial charge in [-0.15, -0.1) is 5.10 Å². The SMILES string of the molecule is Cc1ccc2cc([C@H](c3nnnn3C[C@@H]3CCCO3)N3CCC(Cc4ccccc4)CC3)c(=O)[nH]c2c1C. The number of nitrogens with zero attached hydrogens (tertiary/aromatic N) is 5. The van der Waals surface area contributed by atoms with E-state index < -0.39 is 0 Å². The van der Waals surface area contributed by atoms with Crippen molar-refractivity contribution < 1.29 is 4.74 Å². The molecule has 2 aliphatic heterocycles. The number of fused-ring (bicyclic) bond motifs is 1. The summed E-state index contributed by atoms with van der Waals surface area (Å²) < 4.78 is 7.75. The van der Waals surface area contributed by atoms with Gasteiger partial charge in [0.15, 0.2) is 5.82 Å². The standard InChI is InChI=1S/C30H36N6O2/c1-20-10-11-24-18-26(30(37)31-27(24)21(20)2)28(29-32-33-34-36(29)19-25-9-6-16-38-25)35-14-12-23(13-15-35)17-22-7-4-3-5-8-22/h3-5,7-8,10-11,18,23,25,28H,6,9,12-17,19H2,1-2H3,(H,31,37)/t25-,28+/m0/s1. The molecule has 2 aromatic heterocycles. The van der Waals surface area contributed by atoms with E-state index in [0.29, 0.717) is 18.0 Å². The minimum absolute atomic E-state index is 0.0747. The van der Waals surface area contributed by atoms with Crippen LogP contribution in [0.25, 0.3) is 10.9 Å². The van der Waals surface area contributed by atoms with Gasteiger partial charge in [-0.05, 0) is 104 Å². The molecule has 38 heavy (non-hydrogen) atoms. The Morgan fingerprint density at radius 3 is 2.66 bits per heavy atom. The van der Waals surface area contributed by atoms with Gasteiger partial charge < -0.3 is 9.72 Å². The largest absolute Gasteiger partial charge is 0.376 e. The highest BCUT2D eigenvalue weighted by Gasteiger charge is 2.34. The predicted octanol–water partition coefficient (Wildman–Crippen LogP) is 4.35. The number of pyridine rings is 1. The number of aryl methyl sites for hydroxylation is 2. The third kappa shape index (κ3) is 5.02. The molecule has 8 nitrogen and oxygen atoms in total. The van der Waals surface area contributed by atoms with Crippen LogP contribution >= 0.6 is 0 Å². The third-order valence-corrected chi connectivity index (χ3v) is 8.46. The molecular formula is C30H36N6O2. The fraction of sp³-hybridized carbons (Fsp3) is 0.467. The van der Waals surface area contributed by atoms with Crippen molar-refractivity contribution in [2.24, 2.45) is 5.92 Å². The smallest absolute Gasteiger partial charge is 0.253 e. The second-order valence-electron chi connectivity index (χ2n) is 11.0. The highest BCUT2D eigenvalue weighted by Crippen LogP contribution is 2.33. The van der Waals surface area contributed by atoms with E-state index in [1.165, 1.54) is 11.1 Å². The first-order chi connectivity index (χ1) is 18.6. The molecule has 4 heterocycles. The van der Waals surface area contributed by atoms with Crippen molar-refractivity contribution in [2.75, 3.05) is 19.7 Å². The number of hydrogen-bond donors (Lipinski definition) is 1. The van der Waals surface area contributed by atoms with Crippen LogP contribution in [0.3, 0.4) is 0 Å². The summed E-state index contributed by atoms with van der Waals surface area (Å²) in [7, 11) is 0. The van der Waals surface area contributed by atoms with Crippen LogP contribution in [0.2, 0.25) is 0 Å². The van der Waals surface area contributed by atoms with Crippen LogP contribution in [0.5, 0.6) is 0 Å². The van der Waals surface area contributed by atoms with Gasteiger partial charge in [0.25, 0.3) is 5.56 Å². The van der Waals surface area contributed by atoms with E-state index in [2.05, 4.69) is 81.7 Å². The number of benzene rings is 2. The molecule has 0 radical (unpaired) electrons. The number of ether oxygens (including phenoxy) is 1. The first kappa shape index (κ1) is 24.9. The number of hydrogen-bond acceptors (Lipinski definition) is 6. The maximum Gasteiger partial charge on any atom is 0.253 e. The Hall–Kier alpha value is -3.36. The number of piperidine rings is 1. The van der Waals surface area contributed by atoms with Gasteiger partial charge in [0.05, 0.1) is 18.2 Å². The molecule has 0 aliphatic carbocycles. The molecule has 0 bridgehead atoms. The Kier molecular flexibility index (Phi) is 7.08. The average Bonchev–Trinajstić information content (AvgIpc) is 3.62. The summed E-state index contributed by atoms with van der Waals surface area (Å²) >= 11 is 0. The number of rotatable bonds is 7. The lowest BCUT2D eigenvalue weighted by molar-refractivity contribution is 0.0892. The highest BCUT2D eigenvalue weighted by molar-refractivity contribution is 5.83. The summed E-state index contributed by atoms with van der Waals surface area (Å²) in [6, 6.07) is 16.7. The zero-order chi connectivity index (χ0) is 26.1. The van der Waals surface area contributed by atoms with E-state index >= 15 is 0 Å². The summed E-state index contributed by atoms with van der Waals surface area (Å²) in [5.74, 6) is 1.34. The minimum Gasteiger partial charge on any atom is -0.376 e. The maximum atomic E-state index is 13.7. The van der Waals surface area contributed by atoms with Crippen molar-refractivity contribution in [1.29, 1.82) is 0 Å². The number of likely N-dealkylation sites (tertiary alicyclic amines) is 1. The van der Waals surface area contributed by atoms with Gasteiger partial charge in [0, 0.05) is 12.2 Å². The molecule has 0 spiro atoms. The second-order valence-corrected chi connectivity index (χ2v) is 11.0. The molecule has 1 N–H and O–H groups in total. The zero-order valence-electron chi connectivity index (χ0n) is 22.3. The van der Waals surface area contributed by atoms with Gasteiger partial charge in [0.2, 0.25) is 0 Å². The molecule has 0 unspecified atom stereocenters. The van der Waals surface area contributed by atoms with Crippen LogP contribution in [0.4, 0.5) is 0 Å². The quantitative estimate of drug-likeness (QED) is 0.396. The van der Waals surface area contributed by atoms with Crippen molar-refractivity contribution in [3.63, 3.8) is 0 Å². The Balaban J connectivity index is 1.34. The lowest BCUT2D eigenvalue weighted by atomic mass is 9.89. The summed E-state index contributed by atoms with van der Waals surface area (Å²) in [6.07, 6.45) is 5.40. The van der Waals surface area contributed by atoms with Gasteiger partial charge in [0.1, 0.15) is 6.04 Å². The lowest BCUT2D eigenvalue weighted by Gasteiger charge is -2.37. The van der Waals surface area contributed by atoms with Crippen LogP contribution in [-0.4, -0.2) is 55.9 Å². The minimum atomic E-state index is -0.321. The van der Waals surface area contributed by atoms with Gasteiger partial charge in [-0.1, -0.05) is 42.5 Å². The topological polar surface area (TPSA) is 88.9 Å². The van der Waals surface area contributed by atoms with Gasteiger partial charge in [-0.3, -0.25) is 9.69 Å². The predicted molar refractivity (Wildman–Crippen MR) is 147 cm³/mol. The molecule has 0 saturated carbocycles. The number of tetrazole rings is 1. The first-order valence-corrected chi connectivity index (χ1v) is 13.9. The fourth-order valence-corrected chi connectivity index (χ4v) is 6.13. The van der Waals surface area contributed by atoms with Gasteiger partial charge >= 0.3 is 0 Å². The van der Waals surface area contributed by atoms with E-state index in [1.807, 2.05) is 10.7 Å². The van der Waals surface area contributed by atoms with E-state index in [9.17, 15) is 4.79 Å². The van der Waals surface area contributed by atoms with Crippen LogP contribution in [0, 0.1) is 19.8 Å². The van der Waals surface area contributed by atoms with Crippen molar-refractivity contribution in [3.8, 4) is 0 Å². The van der Waals surface area contributed by atoms with Crippen molar-refractivity contribution >= 4 is 10.9 Å². The molecule has 8 heteroatoms. The van der Waals surface area contributed by atoms with E-state index in [4.69, 9.17) is 4.74 Å². The van der Waals surface area contributed by atoms with Crippen molar-refractivity contribution in [1.82, 2.24) is 30.1 Å². The van der Waals surface area contributed by atoms with E-state index in [-0.39, 0.29) is 17.7 Å². The maximum absolute atomic E-state index is 13.7. The normalized spacial score (nSPS) is 19.8. The molecule has 2 fully saturated rings. The highest BCUT2D eigenvalue weighted by atomic mass is 16.5. The summed E-state index contributed by atoms with van der Waals surface area (Å²) in [5, 5.41) is 13.9. The van der Waals surface area contributed by atoms with Crippen LogP contribution < -0.4 is 5.56 Å². The van der Waals surface area contributed by atoms with Gasteiger partial charge in [-0.2, -0.15) is 0 Å². The molecule has 4 aromatic rings. The zero-order valence-corrected chi connectivity index (χ0v) is 22.3. The molecule has 2 aliphatic rings. The van der Waals surface area contributed by atoms with Crippen LogP contribution in [0.1, 0.15) is 59.8 Å². The fourth-order valence-electron chi connectivity index (χ4n) is 6.13. The Morgan fingerprint density at radius 2 is 1.89 bits per heavy atom.